The Hall–Kier alpha value is -0.600. The summed E-state index contributed by atoms with van der Waals surface area (Å²) in [4.78, 5) is 5.38. The predicted molar refractivity (Wildman–Crippen MR) is 111 cm³/mol. The molecule has 0 radical (unpaired) electrons. The van der Waals surface area contributed by atoms with Crippen LogP contribution >= 0.6 is 0 Å². The number of hydrogen-bond donors (Lipinski definition) is 0. The molecule has 0 aromatic carbocycles. The third kappa shape index (κ3) is 6.57. The van der Waals surface area contributed by atoms with E-state index in [1.165, 1.54) is 83.4 Å². The third-order valence-corrected chi connectivity index (χ3v) is 6.56. The van der Waals surface area contributed by atoms with Crippen molar-refractivity contribution in [2.75, 3.05) is 39.3 Å². The van der Waals surface area contributed by atoms with Crippen molar-refractivity contribution in [3.8, 4) is 0 Å². The van der Waals surface area contributed by atoms with Crippen molar-refractivity contribution in [2.24, 2.45) is 11.8 Å². The highest BCUT2D eigenvalue weighted by Gasteiger charge is 2.23. The van der Waals surface area contributed by atoms with Gasteiger partial charge in [0, 0.05) is 13.1 Å². The molecule has 2 heteroatoms. The zero-order valence-corrected chi connectivity index (χ0v) is 17.6. The van der Waals surface area contributed by atoms with Gasteiger partial charge in [-0.3, -0.25) is 0 Å². The fourth-order valence-electron chi connectivity index (χ4n) is 4.31. The molecule has 25 heavy (non-hydrogen) atoms. The minimum absolute atomic E-state index is 0.707. The summed E-state index contributed by atoms with van der Waals surface area (Å²) in [6, 6.07) is 0. The van der Waals surface area contributed by atoms with E-state index in [2.05, 4.69) is 50.5 Å². The molecule has 0 bridgehead atoms. The van der Waals surface area contributed by atoms with Crippen molar-refractivity contribution in [3.05, 3.63) is 22.8 Å². The lowest BCUT2D eigenvalue weighted by Gasteiger charge is -2.35. The normalized spacial score (nSPS) is 22.8. The summed E-state index contributed by atoms with van der Waals surface area (Å²) < 4.78 is 0. The van der Waals surface area contributed by atoms with Crippen molar-refractivity contribution in [1.82, 2.24) is 9.80 Å². The Bertz CT molecular complexity index is 445. The Morgan fingerprint density at radius 1 is 0.920 bits per heavy atom. The van der Waals surface area contributed by atoms with E-state index in [1.807, 2.05) is 0 Å². The van der Waals surface area contributed by atoms with Crippen LogP contribution < -0.4 is 0 Å². The maximum absolute atomic E-state index is 2.71. The average Bonchev–Trinajstić information content (AvgIpc) is 2.64. The van der Waals surface area contributed by atoms with Crippen LogP contribution in [0, 0.1) is 11.8 Å². The van der Waals surface area contributed by atoms with Crippen molar-refractivity contribution in [3.63, 3.8) is 0 Å². The second-order valence-electron chi connectivity index (χ2n) is 8.67. The van der Waals surface area contributed by atoms with Gasteiger partial charge in [0.1, 0.15) is 0 Å². The second-order valence-corrected chi connectivity index (χ2v) is 8.67. The lowest BCUT2D eigenvalue weighted by molar-refractivity contribution is 0.153. The van der Waals surface area contributed by atoms with Crippen LogP contribution in [0.3, 0.4) is 0 Å². The summed E-state index contributed by atoms with van der Waals surface area (Å²) in [5.74, 6) is 1.48. The zero-order chi connectivity index (χ0) is 18.2. The van der Waals surface area contributed by atoms with Gasteiger partial charge in [-0.1, -0.05) is 37.5 Å². The summed E-state index contributed by atoms with van der Waals surface area (Å²) >= 11 is 0. The van der Waals surface area contributed by atoms with Gasteiger partial charge >= 0.3 is 0 Å². The Morgan fingerprint density at radius 3 is 2.00 bits per heavy atom. The number of rotatable bonds is 7. The van der Waals surface area contributed by atoms with Crippen LogP contribution in [-0.2, 0) is 0 Å². The van der Waals surface area contributed by atoms with E-state index in [1.54, 1.807) is 11.1 Å². The quantitative estimate of drug-likeness (QED) is 0.561. The van der Waals surface area contributed by atoms with Crippen LogP contribution in [0.5, 0.6) is 0 Å². The van der Waals surface area contributed by atoms with Crippen LogP contribution in [0.15, 0.2) is 22.8 Å². The van der Waals surface area contributed by atoms with E-state index in [9.17, 15) is 0 Å². The minimum atomic E-state index is 0.707. The van der Waals surface area contributed by atoms with Crippen molar-refractivity contribution < 1.29 is 0 Å². The van der Waals surface area contributed by atoms with Crippen molar-refractivity contribution in [1.29, 1.82) is 0 Å². The van der Waals surface area contributed by atoms with Gasteiger partial charge in [0.25, 0.3) is 0 Å². The maximum Gasteiger partial charge on any atom is 0.0109 e. The fourth-order valence-corrected chi connectivity index (χ4v) is 4.31. The third-order valence-electron chi connectivity index (χ3n) is 6.56. The van der Waals surface area contributed by atoms with E-state index in [0.29, 0.717) is 5.92 Å². The van der Waals surface area contributed by atoms with E-state index >= 15 is 0 Å². The zero-order valence-electron chi connectivity index (χ0n) is 17.6. The molecule has 2 heterocycles. The van der Waals surface area contributed by atoms with Crippen LogP contribution in [0.4, 0.5) is 0 Å². The molecule has 2 saturated heterocycles. The first kappa shape index (κ1) is 20.7. The van der Waals surface area contributed by atoms with Gasteiger partial charge in [0.2, 0.25) is 0 Å². The molecule has 1 unspecified atom stereocenters. The predicted octanol–water partition coefficient (Wildman–Crippen LogP) is 5.51. The summed E-state index contributed by atoms with van der Waals surface area (Å²) in [6.07, 6.45) is 10.7. The highest BCUT2D eigenvalue weighted by atomic mass is 15.2. The molecule has 2 aliphatic heterocycles. The van der Waals surface area contributed by atoms with Crippen LogP contribution in [0.2, 0.25) is 0 Å². The number of nitrogens with zero attached hydrogens (tertiary/aromatic N) is 2. The van der Waals surface area contributed by atoms with Gasteiger partial charge in [0.05, 0.1) is 0 Å². The molecule has 0 N–H and O–H groups in total. The van der Waals surface area contributed by atoms with E-state index < -0.39 is 0 Å². The molecule has 0 aromatic heterocycles. The van der Waals surface area contributed by atoms with E-state index in [4.69, 9.17) is 0 Å². The van der Waals surface area contributed by atoms with Gasteiger partial charge in [-0.15, -0.1) is 0 Å². The SMILES string of the molecule is CCC(C)/C(C)=C\C(=C(C)C)C1CCN(CCN2CCCCC2)CC1. The molecule has 2 aliphatic rings. The summed E-state index contributed by atoms with van der Waals surface area (Å²) in [6.45, 7) is 19.4. The van der Waals surface area contributed by atoms with Crippen LogP contribution in [-0.4, -0.2) is 49.1 Å². The molecule has 0 aromatic rings. The van der Waals surface area contributed by atoms with Gasteiger partial charge in [-0.2, -0.15) is 0 Å². The van der Waals surface area contributed by atoms with Crippen LogP contribution in [0.1, 0.15) is 73.1 Å². The first-order valence-corrected chi connectivity index (χ1v) is 10.8. The Kier molecular flexibility index (Phi) is 8.72. The topological polar surface area (TPSA) is 6.48 Å². The highest BCUT2D eigenvalue weighted by Crippen LogP contribution is 2.30. The molecule has 2 rings (SSSR count). The van der Waals surface area contributed by atoms with E-state index in [0.717, 1.165) is 5.92 Å². The Balaban J connectivity index is 1.83. The molecule has 0 aliphatic carbocycles. The molecular weight excluding hydrogens is 304 g/mol. The molecule has 0 spiro atoms. The summed E-state index contributed by atoms with van der Waals surface area (Å²) in [5, 5.41) is 0. The van der Waals surface area contributed by atoms with Gasteiger partial charge < -0.3 is 9.80 Å². The average molecular weight is 347 g/mol. The van der Waals surface area contributed by atoms with Crippen molar-refractivity contribution in [2.45, 2.75) is 73.1 Å². The first-order valence-electron chi connectivity index (χ1n) is 10.8. The number of piperidine rings is 2. The second kappa shape index (κ2) is 10.5. The standard InChI is InChI=1S/C23H42N2/c1-6-20(4)21(5)18-23(19(2)3)22-10-14-25(15-11-22)17-16-24-12-8-7-9-13-24/h18,20,22H,6-17H2,1-5H3/b21-18-. The van der Waals surface area contributed by atoms with Crippen molar-refractivity contribution >= 4 is 0 Å². The largest absolute Gasteiger partial charge is 0.302 e. The summed E-state index contributed by atoms with van der Waals surface area (Å²) in [5.41, 5.74) is 4.72. The Morgan fingerprint density at radius 2 is 1.48 bits per heavy atom. The van der Waals surface area contributed by atoms with Crippen LogP contribution in [0.25, 0.3) is 0 Å². The molecule has 1 atom stereocenters. The molecular formula is C23H42N2. The molecule has 2 fully saturated rings. The highest BCUT2D eigenvalue weighted by molar-refractivity contribution is 5.30. The van der Waals surface area contributed by atoms with E-state index in [-0.39, 0.29) is 0 Å². The van der Waals surface area contributed by atoms with Gasteiger partial charge in [-0.05, 0) is 96.5 Å². The minimum Gasteiger partial charge on any atom is -0.302 e. The fraction of sp³-hybridized carbons (Fsp3) is 0.826. The Labute approximate surface area is 157 Å². The number of likely N-dealkylation sites (tertiary alicyclic amines) is 2. The van der Waals surface area contributed by atoms with Gasteiger partial charge in [0.15, 0.2) is 0 Å². The molecule has 0 amide bonds. The lowest BCUT2D eigenvalue weighted by atomic mass is 9.84. The molecule has 2 nitrogen and oxygen atoms in total. The molecule has 0 saturated carbocycles. The monoisotopic (exact) mass is 346 g/mol. The van der Waals surface area contributed by atoms with Gasteiger partial charge in [-0.25, -0.2) is 0 Å². The smallest absolute Gasteiger partial charge is 0.0109 e. The maximum atomic E-state index is 2.71. The summed E-state index contributed by atoms with van der Waals surface area (Å²) in [7, 11) is 0. The first-order chi connectivity index (χ1) is 12.0. The molecule has 144 valence electrons. The lowest BCUT2D eigenvalue weighted by Crippen LogP contribution is -2.41. The number of allylic oxidation sites excluding steroid dienone is 4. The number of hydrogen-bond acceptors (Lipinski definition) is 2.